The molecule has 0 saturated carbocycles. The number of sulfonamides is 1. The van der Waals surface area contributed by atoms with Crippen LogP contribution in [0.1, 0.15) is 5.56 Å². The van der Waals surface area contributed by atoms with E-state index in [1.165, 1.54) is 19.2 Å². The van der Waals surface area contributed by atoms with Crippen LogP contribution in [0.2, 0.25) is 0 Å². The molecular weight excluding hydrogens is 308 g/mol. The van der Waals surface area contributed by atoms with E-state index in [2.05, 4.69) is 4.72 Å². The smallest absolute Gasteiger partial charge is 0.271 e. The molecule has 0 spiro atoms. The number of hydrogen-bond donors (Lipinski definition) is 1. The Bertz CT molecular complexity index is 818. The minimum atomic E-state index is -3.90. The molecule has 0 aliphatic carbocycles. The van der Waals surface area contributed by atoms with Gasteiger partial charge in [0.05, 0.1) is 4.92 Å². The third-order valence-electron chi connectivity index (χ3n) is 3.01. The second kappa shape index (κ2) is 6.12. The predicted molar refractivity (Wildman–Crippen MR) is 80.6 cm³/mol. The summed E-state index contributed by atoms with van der Waals surface area (Å²) >= 11 is 0. The Morgan fingerprint density at radius 3 is 2.41 bits per heavy atom. The van der Waals surface area contributed by atoms with Crippen LogP contribution in [0.3, 0.4) is 0 Å². The fourth-order valence-electron chi connectivity index (χ4n) is 1.80. The zero-order valence-electron chi connectivity index (χ0n) is 11.9. The Morgan fingerprint density at radius 2 is 1.82 bits per heavy atom. The number of para-hydroxylation sites is 1. The Kier molecular flexibility index (Phi) is 4.43. The SMILES string of the molecule is CNS(=O)(=O)c1cc([N+](=O)[O-])ccc1Oc1ccccc1C. The summed E-state index contributed by atoms with van der Waals surface area (Å²) in [6.07, 6.45) is 0. The number of ether oxygens (including phenoxy) is 1. The standard InChI is InChI=1S/C14H14N2O5S/c1-10-5-3-4-6-12(10)21-13-8-7-11(16(17)18)9-14(13)22(19,20)15-2/h3-9,15H,1-2H3. The summed E-state index contributed by atoms with van der Waals surface area (Å²) in [4.78, 5) is 9.90. The fourth-order valence-corrected chi connectivity index (χ4v) is 2.67. The molecule has 0 aliphatic heterocycles. The van der Waals surface area contributed by atoms with Crippen LogP contribution in [0.15, 0.2) is 47.4 Å². The summed E-state index contributed by atoms with van der Waals surface area (Å²) in [7, 11) is -2.67. The highest BCUT2D eigenvalue weighted by atomic mass is 32.2. The third kappa shape index (κ3) is 3.23. The number of nitro groups is 1. The zero-order chi connectivity index (χ0) is 16.3. The van der Waals surface area contributed by atoms with Crippen molar-refractivity contribution < 1.29 is 18.1 Å². The quantitative estimate of drug-likeness (QED) is 0.674. The number of nitro benzene ring substituents is 1. The zero-order valence-corrected chi connectivity index (χ0v) is 12.8. The first-order chi connectivity index (χ1) is 10.3. The normalized spacial score (nSPS) is 11.2. The first-order valence-electron chi connectivity index (χ1n) is 6.30. The summed E-state index contributed by atoms with van der Waals surface area (Å²) in [5, 5.41) is 10.8. The van der Waals surface area contributed by atoms with E-state index in [1.807, 2.05) is 19.1 Å². The molecule has 2 aromatic rings. The molecule has 0 aliphatic rings. The molecule has 0 bridgehead atoms. The van der Waals surface area contributed by atoms with E-state index in [0.717, 1.165) is 11.6 Å². The van der Waals surface area contributed by atoms with Crippen LogP contribution >= 0.6 is 0 Å². The van der Waals surface area contributed by atoms with E-state index in [1.54, 1.807) is 12.1 Å². The lowest BCUT2D eigenvalue weighted by molar-refractivity contribution is -0.385. The van der Waals surface area contributed by atoms with Crippen LogP contribution < -0.4 is 9.46 Å². The molecule has 0 radical (unpaired) electrons. The number of non-ortho nitro benzene ring substituents is 1. The van der Waals surface area contributed by atoms with Crippen molar-refractivity contribution in [2.24, 2.45) is 0 Å². The number of nitrogens with one attached hydrogen (secondary N) is 1. The highest BCUT2D eigenvalue weighted by molar-refractivity contribution is 7.89. The van der Waals surface area contributed by atoms with Gasteiger partial charge in [-0.2, -0.15) is 0 Å². The lowest BCUT2D eigenvalue weighted by atomic mass is 10.2. The van der Waals surface area contributed by atoms with Crippen molar-refractivity contribution in [3.05, 3.63) is 58.1 Å². The Morgan fingerprint density at radius 1 is 1.14 bits per heavy atom. The molecule has 2 rings (SSSR count). The largest absolute Gasteiger partial charge is 0.456 e. The summed E-state index contributed by atoms with van der Waals surface area (Å²) in [6.45, 7) is 1.81. The molecule has 0 fully saturated rings. The van der Waals surface area contributed by atoms with E-state index in [-0.39, 0.29) is 16.3 Å². The van der Waals surface area contributed by atoms with Crippen LogP contribution in [0.4, 0.5) is 5.69 Å². The highest BCUT2D eigenvalue weighted by Gasteiger charge is 2.22. The summed E-state index contributed by atoms with van der Waals surface area (Å²) in [6, 6.07) is 10.5. The highest BCUT2D eigenvalue weighted by Crippen LogP contribution is 2.33. The molecule has 8 heteroatoms. The number of aryl methyl sites for hydroxylation is 1. The van der Waals surface area contributed by atoms with Crippen LogP contribution in [-0.4, -0.2) is 20.4 Å². The topological polar surface area (TPSA) is 98.5 Å². The molecule has 0 unspecified atom stereocenters. The van der Waals surface area contributed by atoms with Crippen molar-refractivity contribution in [3.63, 3.8) is 0 Å². The van der Waals surface area contributed by atoms with E-state index in [4.69, 9.17) is 4.74 Å². The molecule has 22 heavy (non-hydrogen) atoms. The van der Waals surface area contributed by atoms with Gasteiger partial charge in [-0.1, -0.05) is 18.2 Å². The van der Waals surface area contributed by atoms with Crippen LogP contribution in [0, 0.1) is 17.0 Å². The van der Waals surface area contributed by atoms with Crippen molar-refractivity contribution in [1.82, 2.24) is 4.72 Å². The maximum atomic E-state index is 12.1. The molecule has 0 saturated heterocycles. The van der Waals surface area contributed by atoms with Gasteiger partial charge >= 0.3 is 0 Å². The van der Waals surface area contributed by atoms with Gasteiger partial charge in [-0.15, -0.1) is 0 Å². The van der Waals surface area contributed by atoms with Gasteiger partial charge in [0.1, 0.15) is 16.4 Å². The maximum Gasteiger partial charge on any atom is 0.271 e. The summed E-state index contributed by atoms with van der Waals surface area (Å²) in [5.74, 6) is 0.498. The van der Waals surface area contributed by atoms with Crippen LogP contribution in [-0.2, 0) is 10.0 Å². The van der Waals surface area contributed by atoms with Crippen molar-refractivity contribution in [3.8, 4) is 11.5 Å². The Balaban J connectivity index is 2.56. The first-order valence-corrected chi connectivity index (χ1v) is 7.79. The average Bonchev–Trinajstić information content (AvgIpc) is 2.49. The monoisotopic (exact) mass is 322 g/mol. The number of nitrogens with zero attached hydrogens (tertiary/aromatic N) is 1. The average molecular weight is 322 g/mol. The van der Waals surface area contributed by atoms with E-state index in [9.17, 15) is 18.5 Å². The van der Waals surface area contributed by atoms with Crippen molar-refractivity contribution in [2.75, 3.05) is 7.05 Å². The lowest BCUT2D eigenvalue weighted by Crippen LogP contribution is -2.19. The molecule has 0 aromatic heterocycles. The number of hydrogen-bond acceptors (Lipinski definition) is 5. The lowest BCUT2D eigenvalue weighted by Gasteiger charge is -2.12. The van der Waals surface area contributed by atoms with E-state index < -0.39 is 14.9 Å². The molecule has 2 aromatic carbocycles. The van der Waals surface area contributed by atoms with Crippen molar-refractivity contribution >= 4 is 15.7 Å². The van der Waals surface area contributed by atoms with Gasteiger partial charge in [-0.05, 0) is 31.7 Å². The second-order valence-electron chi connectivity index (χ2n) is 4.46. The van der Waals surface area contributed by atoms with Gasteiger partial charge in [0, 0.05) is 12.1 Å². The maximum absolute atomic E-state index is 12.1. The predicted octanol–water partition coefficient (Wildman–Crippen LogP) is 2.60. The van der Waals surface area contributed by atoms with Crippen LogP contribution in [0.5, 0.6) is 11.5 Å². The summed E-state index contributed by atoms with van der Waals surface area (Å²) in [5.41, 5.74) is 0.486. The fraction of sp³-hybridized carbons (Fsp3) is 0.143. The molecular formula is C14H14N2O5S. The molecule has 0 atom stereocenters. The number of rotatable bonds is 5. The molecule has 1 N–H and O–H groups in total. The van der Waals surface area contributed by atoms with Crippen molar-refractivity contribution in [2.45, 2.75) is 11.8 Å². The van der Waals surface area contributed by atoms with Gasteiger partial charge < -0.3 is 4.74 Å². The van der Waals surface area contributed by atoms with E-state index in [0.29, 0.717) is 5.75 Å². The molecule has 0 amide bonds. The van der Waals surface area contributed by atoms with Gasteiger partial charge in [0.2, 0.25) is 10.0 Å². The molecule has 0 heterocycles. The number of benzene rings is 2. The molecule has 116 valence electrons. The van der Waals surface area contributed by atoms with Crippen molar-refractivity contribution in [1.29, 1.82) is 0 Å². The van der Waals surface area contributed by atoms with Crippen LogP contribution in [0.25, 0.3) is 0 Å². The Labute approximate surface area is 127 Å². The minimum Gasteiger partial charge on any atom is -0.456 e. The summed E-state index contributed by atoms with van der Waals surface area (Å²) < 4.78 is 31.9. The molecule has 7 nitrogen and oxygen atoms in total. The van der Waals surface area contributed by atoms with Gasteiger partial charge in [0.25, 0.3) is 5.69 Å². The van der Waals surface area contributed by atoms with Gasteiger partial charge in [-0.3, -0.25) is 10.1 Å². The third-order valence-corrected chi connectivity index (χ3v) is 4.45. The van der Waals surface area contributed by atoms with E-state index >= 15 is 0 Å². The van der Waals surface area contributed by atoms with Gasteiger partial charge in [-0.25, -0.2) is 13.1 Å². The van der Waals surface area contributed by atoms with Gasteiger partial charge in [0.15, 0.2) is 0 Å². The first kappa shape index (κ1) is 15.9. The minimum absolute atomic E-state index is 0.0225. The second-order valence-corrected chi connectivity index (χ2v) is 6.32. The Hall–Kier alpha value is -2.45.